The first-order valence-electron chi connectivity index (χ1n) is 7.09. The van der Waals surface area contributed by atoms with E-state index in [1.54, 1.807) is 18.9 Å². The SMILES string of the molecule is CCNC(C)(CC(C)Sc1ccc(OC)cc1)C(=O)OC. The predicted molar refractivity (Wildman–Crippen MR) is 87.0 cm³/mol. The summed E-state index contributed by atoms with van der Waals surface area (Å²) in [5.41, 5.74) is -0.650. The molecule has 1 N–H and O–H groups in total. The zero-order valence-corrected chi connectivity index (χ0v) is 14.3. The number of methoxy groups -OCH3 is 2. The van der Waals surface area contributed by atoms with Gasteiger partial charge in [0.15, 0.2) is 0 Å². The quantitative estimate of drug-likeness (QED) is 0.590. The van der Waals surface area contributed by atoms with Crippen LogP contribution in [0.5, 0.6) is 5.75 Å². The molecule has 2 atom stereocenters. The molecular formula is C16H25NO3S. The van der Waals surface area contributed by atoms with Crippen LogP contribution in [-0.2, 0) is 9.53 Å². The Kier molecular flexibility index (Phi) is 7.05. The Morgan fingerprint density at radius 2 is 1.95 bits per heavy atom. The van der Waals surface area contributed by atoms with Crippen molar-refractivity contribution in [2.24, 2.45) is 0 Å². The summed E-state index contributed by atoms with van der Waals surface area (Å²) in [6.45, 7) is 6.73. The molecule has 21 heavy (non-hydrogen) atoms. The largest absolute Gasteiger partial charge is 0.497 e. The molecule has 1 aromatic carbocycles. The van der Waals surface area contributed by atoms with Gasteiger partial charge in [0.05, 0.1) is 14.2 Å². The lowest BCUT2D eigenvalue weighted by atomic mass is 9.96. The van der Waals surface area contributed by atoms with E-state index in [1.165, 1.54) is 7.11 Å². The summed E-state index contributed by atoms with van der Waals surface area (Å²) < 4.78 is 10.1. The summed E-state index contributed by atoms with van der Waals surface area (Å²) in [5, 5.41) is 3.52. The smallest absolute Gasteiger partial charge is 0.325 e. The summed E-state index contributed by atoms with van der Waals surface area (Å²) in [5.74, 6) is 0.630. The van der Waals surface area contributed by atoms with Crippen molar-refractivity contribution in [2.45, 2.75) is 42.9 Å². The van der Waals surface area contributed by atoms with Crippen molar-refractivity contribution in [3.8, 4) is 5.75 Å². The number of ether oxygens (including phenoxy) is 2. The summed E-state index contributed by atoms with van der Waals surface area (Å²) in [6.07, 6.45) is 0.699. The number of benzene rings is 1. The minimum Gasteiger partial charge on any atom is -0.497 e. The fourth-order valence-electron chi connectivity index (χ4n) is 2.35. The van der Waals surface area contributed by atoms with Gasteiger partial charge in [-0.25, -0.2) is 0 Å². The summed E-state index contributed by atoms with van der Waals surface area (Å²) >= 11 is 1.74. The zero-order chi connectivity index (χ0) is 15.9. The molecule has 1 aromatic rings. The monoisotopic (exact) mass is 311 g/mol. The molecule has 0 saturated carbocycles. The zero-order valence-electron chi connectivity index (χ0n) is 13.4. The molecule has 1 rings (SSSR count). The van der Waals surface area contributed by atoms with Crippen molar-refractivity contribution in [1.82, 2.24) is 5.32 Å². The Morgan fingerprint density at radius 1 is 1.33 bits per heavy atom. The van der Waals surface area contributed by atoms with Crippen LogP contribution in [0.25, 0.3) is 0 Å². The van der Waals surface area contributed by atoms with Crippen LogP contribution < -0.4 is 10.1 Å². The van der Waals surface area contributed by atoms with Crippen molar-refractivity contribution < 1.29 is 14.3 Å². The fraction of sp³-hybridized carbons (Fsp3) is 0.562. The van der Waals surface area contributed by atoms with Crippen LogP contribution >= 0.6 is 11.8 Å². The van der Waals surface area contributed by atoms with Gasteiger partial charge in [0.25, 0.3) is 0 Å². The Bertz CT molecular complexity index is 449. The highest BCUT2D eigenvalue weighted by Crippen LogP contribution is 2.30. The number of hydrogen-bond donors (Lipinski definition) is 1. The highest BCUT2D eigenvalue weighted by atomic mass is 32.2. The second kappa shape index (κ2) is 8.29. The maximum Gasteiger partial charge on any atom is 0.325 e. The highest BCUT2D eigenvalue weighted by molar-refractivity contribution is 7.99. The van der Waals surface area contributed by atoms with Crippen molar-refractivity contribution in [3.63, 3.8) is 0 Å². The maximum absolute atomic E-state index is 12.0. The minimum absolute atomic E-state index is 0.216. The molecule has 0 bridgehead atoms. The fourth-order valence-corrected chi connectivity index (χ4v) is 3.52. The highest BCUT2D eigenvalue weighted by Gasteiger charge is 2.35. The third-order valence-electron chi connectivity index (χ3n) is 3.30. The van der Waals surface area contributed by atoms with Gasteiger partial charge in [-0.15, -0.1) is 11.8 Å². The second-order valence-corrected chi connectivity index (χ2v) is 6.67. The van der Waals surface area contributed by atoms with Crippen LogP contribution in [-0.4, -0.2) is 37.5 Å². The van der Waals surface area contributed by atoms with Gasteiger partial charge in [-0.1, -0.05) is 13.8 Å². The average molecular weight is 311 g/mol. The lowest BCUT2D eigenvalue weighted by Crippen LogP contribution is -2.51. The van der Waals surface area contributed by atoms with Crippen LogP contribution in [0.1, 0.15) is 27.2 Å². The molecule has 2 unspecified atom stereocenters. The molecule has 4 nitrogen and oxygen atoms in total. The van der Waals surface area contributed by atoms with Gasteiger partial charge in [0.1, 0.15) is 11.3 Å². The molecule has 0 aliphatic heterocycles. The van der Waals surface area contributed by atoms with Crippen LogP contribution in [0.3, 0.4) is 0 Å². The number of likely N-dealkylation sites (N-methyl/N-ethyl adjacent to an activating group) is 1. The van der Waals surface area contributed by atoms with Crippen molar-refractivity contribution in [3.05, 3.63) is 24.3 Å². The molecule has 0 aromatic heterocycles. The topological polar surface area (TPSA) is 47.6 Å². The van der Waals surface area contributed by atoms with E-state index in [1.807, 2.05) is 38.1 Å². The third kappa shape index (κ3) is 5.25. The number of thioether (sulfide) groups is 1. The lowest BCUT2D eigenvalue weighted by Gasteiger charge is -2.30. The average Bonchev–Trinajstić information content (AvgIpc) is 2.47. The van der Waals surface area contributed by atoms with Crippen molar-refractivity contribution in [2.75, 3.05) is 20.8 Å². The molecule has 0 radical (unpaired) electrons. The normalized spacial score (nSPS) is 15.1. The van der Waals surface area contributed by atoms with E-state index >= 15 is 0 Å². The van der Waals surface area contributed by atoms with Gasteiger partial charge in [-0.2, -0.15) is 0 Å². The standard InChI is InChI=1S/C16H25NO3S/c1-6-17-16(3,15(18)20-5)11-12(2)21-14-9-7-13(19-4)8-10-14/h7-10,12,17H,6,11H2,1-5H3. The van der Waals surface area contributed by atoms with Crippen LogP contribution in [0.15, 0.2) is 29.2 Å². The van der Waals surface area contributed by atoms with Gasteiger partial charge in [-0.05, 0) is 44.2 Å². The van der Waals surface area contributed by atoms with E-state index in [0.29, 0.717) is 6.42 Å². The molecule has 0 saturated heterocycles. The van der Waals surface area contributed by atoms with Crippen LogP contribution in [0.2, 0.25) is 0 Å². The molecule has 0 aliphatic rings. The first-order valence-corrected chi connectivity index (χ1v) is 7.97. The van der Waals surface area contributed by atoms with Crippen molar-refractivity contribution >= 4 is 17.7 Å². The summed E-state index contributed by atoms with van der Waals surface area (Å²) in [6, 6.07) is 7.95. The van der Waals surface area contributed by atoms with Gasteiger partial charge < -0.3 is 14.8 Å². The Labute approximate surface area is 131 Å². The van der Waals surface area contributed by atoms with Crippen LogP contribution in [0.4, 0.5) is 0 Å². The Morgan fingerprint density at radius 3 is 2.43 bits per heavy atom. The molecule has 0 spiro atoms. The number of esters is 1. The summed E-state index contributed by atoms with van der Waals surface area (Å²) in [7, 11) is 3.09. The van der Waals surface area contributed by atoms with Gasteiger partial charge in [-0.3, -0.25) is 4.79 Å². The lowest BCUT2D eigenvalue weighted by molar-refractivity contribution is -0.148. The van der Waals surface area contributed by atoms with E-state index in [2.05, 4.69) is 12.2 Å². The second-order valence-electron chi connectivity index (χ2n) is 5.16. The number of hydrogen-bond acceptors (Lipinski definition) is 5. The van der Waals surface area contributed by atoms with E-state index in [-0.39, 0.29) is 11.2 Å². The van der Waals surface area contributed by atoms with Gasteiger partial charge in [0, 0.05) is 10.1 Å². The molecule has 0 fully saturated rings. The first kappa shape index (κ1) is 17.9. The van der Waals surface area contributed by atoms with E-state index < -0.39 is 5.54 Å². The number of rotatable bonds is 8. The van der Waals surface area contributed by atoms with E-state index in [0.717, 1.165) is 17.2 Å². The van der Waals surface area contributed by atoms with E-state index in [4.69, 9.17) is 9.47 Å². The predicted octanol–water partition coefficient (Wildman–Crippen LogP) is 3.11. The number of nitrogens with one attached hydrogen (secondary N) is 1. The van der Waals surface area contributed by atoms with Gasteiger partial charge in [0.2, 0.25) is 0 Å². The number of carbonyl (C=O) groups excluding carboxylic acids is 1. The molecular weight excluding hydrogens is 286 g/mol. The minimum atomic E-state index is -0.650. The molecule has 5 heteroatoms. The third-order valence-corrected chi connectivity index (χ3v) is 4.41. The molecule has 0 aliphatic carbocycles. The maximum atomic E-state index is 12.0. The molecule has 0 amide bonds. The van der Waals surface area contributed by atoms with Gasteiger partial charge >= 0.3 is 5.97 Å². The van der Waals surface area contributed by atoms with E-state index in [9.17, 15) is 4.79 Å². The van der Waals surface area contributed by atoms with Crippen molar-refractivity contribution in [1.29, 1.82) is 0 Å². The summed E-state index contributed by atoms with van der Waals surface area (Å²) in [4.78, 5) is 13.1. The molecule has 0 heterocycles. The first-order chi connectivity index (χ1) is 9.95. The van der Waals surface area contributed by atoms with Crippen LogP contribution in [0, 0.1) is 0 Å². The Balaban J connectivity index is 2.68. The molecule has 118 valence electrons. The Hall–Kier alpha value is -1.20. The number of carbonyl (C=O) groups is 1.